The maximum absolute atomic E-state index is 13.2. The van der Waals surface area contributed by atoms with Gasteiger partial charge in [0, 0.05) is 12.2 Å². The molecule has 3 atom stereocenters. The van der Waals surface area contributed by atoms with Crippen LogP contribution in [0.25, 0.3) is 0 Å². The first-order valence-electron chi connectivity index (χ1n) is 10.0. The van der Waals surface area contributed by atoms with Crippen LogP contribution in [0.1, 0.15) is 24.8 Å². The first kappa shape index (κ1) is 22.6. The maximum Gasteiger partial charge on any atom is 0.319 e. The zero-order chi connectivity index (χ0) is 22.2. The lowest BCUT2D eigenvalue weighted by Crippen LogP contribution is -2.52. The van der Waals surface area contributed by atoms with E-state index in [1.54, 1.807) is 12.1 Å². The first-order valence-corrected chi connectivity index (χ1v) is 10.0. The molecule has 3 amide bonds. The minimum absolute atomic E-state index is 0.0975. The fourth-order valence-electron chi connectivity index (χ4n) is 3.44. The Hall–Kier alpha value is -3.04. The van der Waals surface area contributed by atoms with Crippen LogP contribution in [0.15, 0.2) is 48.5 Å². The van der Waals surface area contributed by atoms with Crippen molar-refractivity contribution in [3.8, 4) is 0 Å². The fraction of sp³-hybridized carbons (Fsp3) is 0.364. The summed E-state index contributed by atoms with van der Waals surface area (Å²) in [4.78, 5) is 24.4. The molecule has 1 aliphatic rings. The van der Waals surface area contributed by atoms with E-state index in [0.717, 1.165) is 0 Å². The minimum atomic E-state index is -0.659. The summed E-state index contributed by atoms with van der Waals surface area (Å²) < 4.78 is 32.0. The molecular weight excluding hydrogens is 408 g/mol. The Bertz CT molecular complexity index is 895. The van der Waals surface area contributed by atoms with Crippen LogP contribution >= 0.6 is 0 Å². The van der Waals surface area contributed by atoms with E-state index < -0.39 is 30.1 Å². The molecule has 1 fully saturated rings. The van der Waals surface area contributed by atoms with Gasteiger partial charge in [-0.25, -0.2) is 13.6 Å². The molecular formula is C22H25F2N3O4. The lowest BCUT2D eigenvalue weighted by molar-refractivity contribution is -0.130. The molecule has 166 valence electrons. The molecule has 0 bridgehead atoms. The molecule has 1 aliphatic heterocycles. The lowest BCUT2D eigenvalue weighted by Gasteiger charge is -2.35. The van der Waals surface area contributed by atoms with Crippen LogP contribution in [0.3, 0.4) is 0 Å². The summed E-state index contributed by atoms with van der Waals surface area (Å²) >= 11 is 0. The van der Waals surface area contributed by atoms with Crippen LogP contribution < -0.4 is 16.0 Å². The van der Waals surface area contributed by atoms with Gasteiger partial charge in [0.25, 0.3) is 0 Å². The Morgan fingerprint density at radius 1 is 1.06 bits per heavy atom. The van der Waals surface area contributed by atoms with Gasteiger partial charge in [0.2, 0.25) is 5.91 Å². The number of urea groups is 1. The summed E-state index contributed by atoms with van der Waals surface area (Å²) in [5.74, 6) is -1.01. The van der Waals surface area contributed by atoms with Crippen molar-refractivity contribution < 1.29 is 28.2 Å². The zero-order valence-corrected chi connectivity index (χ0v) is 16.8. The largest absolute Gasteiger partial charge is 0.394 e. The van der Waals surface area contributed by atoms with Gasteiger partial charge in [-0.05, 0) is 54.8 Å². The Balaban J connectivity index is 1.44. The molecule has 2 aromatic rings. The Morgan fingerprint density at radius 2 is 1.84 bits per heavy atom. The van der Waals surface area contributed by atoms with Gasteiger partial charge in [0.15, 0.2) is 0 Å². The second-order valence-electron chi connectivity index (χ2n) is 7.38. The van der Waals surface area contributed by atoms with Gasteiger partial charge in [0.1, 0.15) is 17.7 Å². The average molecular weight is 433 g/mol. The van der Waals surface area contributed by atoms with Gasteiger partial charge in [0.05, 0.1) is 25.2 Å². The van der Waals surface area contributed by atoms with Gasteiger partial charge in [-0.1, -0.05) is 12.1 Å². The number of carbonyl (C=O) groups excluding carboxylic acids is 2. The highest BCUT2D eigenvalue weighted by Crippen LogP contribution is 2.22. The van der Waals surface area contributed by atoms with Crippen LogP contribution in [-0.2, 0) is 16.1 Å². The third-order valence-corrected chi connectivity index (χ3v) is 5.01. The van der Waals surface area contributed by atoms with E-state index in [4.69, 9.17) is 4.74 Å². The number of rotatable bonds is 7. The fourth-order valence-corrected chi connectivity index (χ4v) is 3.44. The second kappa shape index (κ2) is 10.8. The Kier molecular flexibility index (Phi) is 7.91. The smallest absolute Gasteiger partial charge is 0.319 e. The highest BCUT2D eigenvalue weighted by Gasteiger charge is 2.32. The van der Waals surface area contributed by atoms with Gasteiger partial charge in [-0.3, -0.25) is 4.79 Å². The van der Waals surface area contributed by atoms with Crippen molar-refractivity contribution in [2.45, 2.75) is 44.1 Å². The molecule has 1 heterocycles. The van der Waals surface area contributed by atoms with E-state index in [9.17, 15) is 23.5 Å². The van der Waals surface area contributed by atoms with Crippen molar-refractivity contribution in [3.63, 3.8) is 0 Å². The summed E-state index contributed by atoms with van der Waals surface area (Å²) in [5, 5.41) is 17.7. The zero-order valence-electron chi connectivity index (χ0n) is 16.8. The Morgan fingerprint density at radius 3 is 2.55 bits per heavy atom. The summed E-state index contributed by atoms with van der Waals surface area (Å²) in [7, 11) is 0. The van der Waals surface area contributed by atoms with Crippen molar-refractivity contribution in [1.82, 2.24) is 10.6 Å². The normalized spacial score (nSPS) is 20.7. The van der Waals surface area contributed by atoms with Gasteiger partial charge >= 0.3 is 6.03 Å². The standard InChI is InChI=1S/C22H25F2N3O4/c23-15-4-6-17(7-5-15)26-22(30)27-19-9-8-18(31-20(19)13-28)11-21(29)25-12-14-2-1-3-16(24)10-14/h1-7,10,18-20,28H,8-9,11-13H2,(H,25,29)(H2,26,27,30)/t18-,19+,20+/m1/s1. The summed E-state index contributed by atoms with van der Waals surface area (Å²) in [6.45, 7) is -0.108. The van der Waals surface area contributed by atoms with Crippen LogP contribution in [-0.4, -0.2) is 41.9 Å². The molecule has 0 unspecified atom stereocenters. The topological polar surface area (TPSA) is 99.7 Å². The van der Waals surface area contributed by atoms with Crippen LogP contribution in [0, 0.1) is 11.6 Å². The molecule has 7 nitrogen and oxygen atoms in total. The summed E-state index contributed by atoms with van der Waals surface area (Å²) in [6.07, 6.45) is 0.0758. The van der Waals surface area contributed by atoms with E-state index >= 15 is 0 Å². The molecule has 0 aliphatic carbocycles. The predicted molar refractivity (Wildman–Crippen MR) is 110 cm³/mol. The number of nitrogens with one attached hydrogen (secondary N) is 3. The molecule has 31 heavy (non-hydrogen) atoms. The van der Waals surface area contributed by atoms with E-state index in [-0.39, 0.29) is 31.3 Å². The van der Waals surface area contributed by atoms with Gasteiger partial charge in [-0.2, -0.15) is 0 Å². The number of aliphatic hydroxyl groups excluding tert-OH is 1. The van der Waals surface area contributed by atoms with Crippen molar-refractivity contribution in [1.29, 1.82) is 0 Å². The monoisotopic (exact) mass is 433 g/mol. The van der Waals surface area contributed by atoms with Crippen molar-refractivity contribution in [3.05, 3.63) is 65.7 Å². The van der Waals surface area contributed by atoms with Crippen LogP contribution in [0.4, 0.5) is 19.3 Å². The van der Waals surface area contributed by atoms with E-state index in [0.29, 0.717) is 24.1 Å². The number of benzene rings is 2. The average Bonchev–Trinajstić information content (AvgIpc) is 2.75. The third-order valence-electron chi connectivity index (χ3n) is 5.01. The molecule has 0 radical (unpaired) electrons. The predicted octanol–water partition coefficient (Wildman–Crippen LogP) is 2.70. The molecule has 0 aromatic heterocycles. The van der Waals surface area contributed by atoms with E-state index in [1.165, 1.54) is 36.4 Å². The molecule has 9 heteroatoms. The summed E-state index contributed by atoms with van der Waals surface area (Å²) in [6, 6.07) is 10.4. The maximum atomic E-state index is 13.2. The van der Waals surface area contributed by atoms with Crippen molar-refractivity contribution in [2.24, 2.45) is 0 Å². The number of halogens is 2. The third kappa shape index (κ3) is 7.01. The number of hydrogen-bond acceptors (Lipinski definition) is 4. The SMILES string of the molecule is O=C(C[C@H]1CC[C@H](NC(=O)Nc2ccc(F)cc2)[C@H](CO)O1)NCc1cccc(F)c1. The van der Waals surface area contributed by atoms with Gasteiger partial charge < -0.3 is 25.8 Å². The van der Waals surface area contributed by atoms with Gasteiger partial charge in [-0.15, -0.1) is 0 Å². The van der Waals surface area contributed by atoms with Crippen molar-refractivity contribution in [2.75, 3.05) is 11.9 Å². The minimum Gasteiger partial charge on any atom is -0.394 e. The van der Waals surface area contributed by atoms with E-state index in [2.05, 4.69) is 16.0 Å². The van der Waals surface area contributed by atoms with E-state index in [1.807, 2.05) is 0 Å². The number of aliphatic hydroxyl groups is 1. The quantitative estimate of drug-likeness (QED) is 0.540. The molecule has 2 aromatic carbocycles. The highest BCUT2D eigenvalue weighted by molar-refractivity contribution is 5.89. The van der Waals surface area contributed by atoms with Crippen LogP contribution in [0.2, 0.25) is 0 Å². The van der Waals surface area contributed by atoms with Crippen LogP contribution in [0.5, 0.6) is 0 Å². The molecule has 1 saturated heterocycles. The number of anilines is 1. The van der Waals surface area contributed by atoms with Crippen molar-refractivity contribution >= 4 is 17.6 Å². The lowest BCUT2D eigenvalue weighted by atomic mass is 9.97. The number of hydrogen-bond donors (Lipinski definition) is 4. The molecule has 3 rings (SSSR count). The molecule has 0 spiro atoms. The number of carbonyl (C=O) groups is 2. The molecule has 4 N–H and O–H groups in total. The second-order valence-corrected chi connectivity index (χ2v) is 7.38. The highest BCUT2D eigenvalue weighted by atomic mass is 19.1. The number of amides is 3. The number of ether oxygens (including phenoxy) is 1. The molecule has 0 saturated carbocycles. The Labute approximate surface area is 178 Å². The summed E-state index contributed by atoms with van der Waals surface area (Å²) in [5.41, 5.74) is 1.09. The first-order chi connectivity index (χ1) is 14.9.